The Morgan fingerprint density at radius 2 is 2.28 bits per heavy atom. The van der Waals surface area contributed by atoms with Crippen LogP contribution >= 0.6 is 0 Å². The maximum absolute atomic E-state index is 12.3. The van der Waals surface area contributed by atoms with Gasteiger partial charge in [0.1, 0.15) is 11.7 Å². The molecule has 25 heavy (non-hydrogen) atoms. The van der Waals surface area contributed by atoms with Crippen LogP contribution in [-0.2, 0) is 4.79 Å². The Morgan fingerprint density at radius 3 is 2.92 bits per heavy atom. The highest BCUT2D eigenvalue weighted by atomic mass is 16.6. The van der Waals surface area contributed by atoms with Gasteiger partial charge < -0.3 is 14.6 Å². The number of hydrogen-bond donors (Lipinski definition) is 1. The first-order valence-electron chi connectivity index (χ1n) is 8.35. The number of aromatic amines is 1. The van der Waals surface area contributed by atoms with E-state index in [1.165, 1.54) is 5.57 Å². The maximum Gasteiger partial charge on any atom is 0.233 e. The van der Waals surface area contributed by atoms with Crippen molar-refractivity contribution in [2.45, 2.75) is 18.9 Å². The first-order chi connectivity index (χ1) is 12.1. The fourth-order valence-electron chi connectivity index (χ4n) is 3.52. The zero-order chi connectivity index (χ0) is 17.6. The van der Waals surface area contributed by atoms with Gasteiger partial charge in [0.25, 0.3) is 0 Å². The topological polar surface area (TPSA) is 88.5 Å². The minimum atomic E-state index is -0.682. The lowest BCUT2D eigenvalue weighted by Crippen LogP contribution is -2.36. The van der Waals surface area contributed by atoms with E-state index in [9.17, 15) is 14.9 Å². The predicted molar refractivity (Wildman–Crippen MR) is 92.9 cm³/mol. The Labute approximate surface area is 144 Å². The molecule has 1 amide bonds. The molecule has 2 aromatic rings. The lowest BCUT2D eigenvalue weighted by molar-refractivity contribution is -0.497. The van der Waals surface area contributed by atoms with Gasteiger partial charge in [-0.25, -0.2) is 0 Å². The summed E-state index contributed by atoms with van der Waals surface area (Å²) in [6.45, 7) is 1.11. The van der Waals surface area contributed by atoms with Crippen molar-refractivity contribution in [3.8, 4) is 5.75 Å². The van der Waals surface area contributed by atoms with Crippen LogP contribution in [0.4, 0.5) is 0 Å². The smallest absolute Gasteiger partial charge is 0.233 e. The second kappa shape index (κ2) is 5.91. The number of H-pyrrole nitrogens is 1. The summed E-state index contributed by atoms with van der Waals surface area (Å²) in [7, 11) is 1.65. The third-order valence-electron chi connectivity index (χ3n) is 5.10. The van der Waals surface area contributed by atoms with Crippen LogP contribution in [0.3, 0.4) is 0 Å². The number of rotatable bonds is 4. The zero-order valence-corrected chi connectivity index (χ0v) is 13.9. The van der Waals surface area contributed by atoms with Crippen LogP contribution in [0, 0.1) is 16.0 Å². The number of amides is 1. The molecule has 1 aromatic carbocycles. The number of nitrogens with zero attached hydrogens (tertiary/aromatic N) is 2. The van der Waals surface area contributed by atoms with Crippen molar-refractivity contribution in [3.63, 3.8) is 0 Å². The largest absolute Gasteiger partial charge is 0.497 e. The second-order valence-corrected chi connectivity index (χ2v) is 6.57. The van der Waals surface area contributed by atoms with E-state index in [1.54, 1.807) is 12.0 Å². The Morgan fingerprint density at radius 1 is 1.44 bits per heavy atom. The first kappa shape index (κ1) is 15.7. The molecule has 0 unspecified atom stereocenters. The number of methoxy groups -OCH3 is 1. The van der Waals surface area contributed by atoms with Gasteiger partial charge in [-0.3, -0.25) is 14.9 Å². The number of fused-ring (bicyclic) bond motifs is 1. The third kappa shape index (κ3) is 2.75. The van der Waals surface area contributed by atoms with Gasteiger partial charge in [0, 0.05) is 47.1 Å². The molecule has 1 saturated carbocycles. The molecule has 2 atom stereocenters. The summed E-state index contributed by atoms with van der Waals surface area (Å²) in [5.74, 6) is 0.293. The highest BCUT2D eigenvalue weighted by molar-refractivity contribution is 5.94. The van der Waals surface area contributed by atoms with Crippen LogP contribution in [0.15, 0.2) is 30.5 Å². The number of nitro groups is 1. The monoisotopic (exact) mass is 341 g/mol. The summed E-state index contributed by atoms with van der Waals surface area (Å²) in [6.07, 6.45) is 5.15. The molecule has 0 spiro atoms. The summed E-state index contributed by atoms with van der Waals surface area (Å²) in [6, 6.07) is 5.23. The van der Waals surface area contributed by atoms with E-state index in [-0.39, 0.29) is 10.8 Å². The zero-order valence-electron chi connectivity index (χ0n) is 13.9. The number of aromatic nitrogens is 1. The molecule has 0 radical (unpaired) electrons. The van der Waals surface area contributed by atoms with Crippen molar-refractivity contribution >= 4 is 22.4 Å². The van der Waals surface area contributed by atoms with E-state index < -0.39 is 12.0 Å². The van der Waals surface area contributed by atoms with Gasteiger partial charge in [-0.05, 0) is 30.2 Å². The normalized spacial score (nSPS) is 22.6. The molecule has 4 rings (SSSR count). The van der Waals surface area contributed by atoms with Gasteiger partial charge in [-0.1, -0.05) is 6.08 Å². The maximum atomic E-state index is 12.3. The standard InChI is InChI=1S/C18H19N3O4/c1-25-12-2-3-16-13(8-12)15(10-19-16)11-4-6-20(7-5-11)18(22)14-9-17(14)21(23)24/h2-4,8,10,14,17,19H,5-7,9H2,1H3/t14-,17-/m1/s1. The van der Waals surface area contributed by atoms with E-state index in [4.69, 9.17) is 4.74 Å². The molecule has 2 aliphatic rings. The number of carbonyl (C=O) groups excluding carboxylic acids is 1. The number of nitrogens with one attached hydrogen (secondary N) is 1. The Balaban J connectivity index is 1.51. The minimum Gasteiger partial charge on any atom is -0.497 e. The van der Waals surface area contributed by atoms with Gasteiger partial charge in [-0.15, -0.1) is 0 Å². The van der Waals surface area contributed by atoms with Crippen LogP contribution in [-0.4, -0.2) is 47.0 Å². The summed E-state index contributed by atoms with van der Waals surface area (Å²) in [5.41, 5.74) is 3.35. The first-order valence-corrected chi connectivity index (χ1v) is 8.35. The van der Waals surface area contributed by atoms with Gasteiger partial charge in [0.05, 0.1) is 7.11 Å². The van der Waals surface area contributed by atoms with E-state index in [0.29, 0.717) is 19.5 Å². The third-order valence-corrected chi connectivity index (χ3v) is 5.10. The second-order valence-electron chi connectivity index (χ2n) is 6.57. The predicted octanol–water partition coefficient (Wildman–Crippen LogP) is 2.46. The van der Waals surface area contributed by atoms with Gasteiger partial charge in [0.15, 0.2) is 0 Å². The van der Waals surface area contributed by atoms with Crippen molar-refractivity contribution < 1.29 is 14.5 Å². The number of ether oxygens (including phenoxy) is 1. The fourth-order valence-corrected chi connectivity index (χ4v) is 3.52. The van der Waals surface area contributed by atoms with Crippen molar-refractivity contribution in [3.05, 3.63) is 46.1 Å². The van der Waals surface area contributed by atoms with Crippen LogP contribution in [0.2, 0.25) is 0 Å². The van der Waals surface area contributed by atoms with E-state index >= 15 is 0 Å². The number of benzene rings is 1. The molecule has 1 N–H and O–H groups in total. The highest BCUT2D eigenvalue weighted by Gasteiger charge is 2.54. The van der Waals surface area contributed by atoms with Gasteiger partial charge in [-0.2, -0.15) is 0 Å². The molecule has 1 aromatic heterocycles. The van der Waals surface area contributed by atoms with Crippen LogP contribution < -0.4 is 4.74 Å². The van der Waals surface area contributed by atoms with E-state index in [1.807, 2.05) is 30.5 Å². The van der Waals surface area contributed by atoms with E-state index in [2.05, 4.69) is 4.98 Å². The highest BCUT2D eigenvalue weighted by Crippen LogP contribution is 2.36. The minimum absolute atomic E-state index is 0.0856. The SMILES string of the molecule is COc1ccc2[nH]cc(C3=CCN(C(=O)[C@@H]4C[C@H]4[N+](=O)[O-])CC3)c2c1. The molecule has 2 heterocycles. The molecule has 7 heteroatoms. The fraction of sp³-hybridized carbons (Fsp3) is 0.389. The number of carbonyl (C=O) groups is 1. The Bertz CT molecular complexity index is 886. The van der Waals surface area contributed by atoms with Crippen LogP contribution in [0.1, 0.15) is 18.4 Å². The summed E-state index contributed by atoms with van der Waals surface area (Å²) in [4.78, 5) is 27.7. The quantitative estimate of drug-likeness (QED) is 0.683. The molecule has 1 aliphatic heterocycles. The summed E-state index contributed by atoms with van der Waals surface area (Å²) in [5, 5.41) is 11.9. The summed E-state index contributed by atoms with van der Waals surface area (Å²) >= 11 is 0. The summed E-state index contributed by atoms with van der Waals surface area (Å²) < 4.78 is 5.30. The molecular formula is C18H19N3O4. The average molecular weight is 341 g/mol. The Hall–Kier alpha value is -2.83. The molecule has 0 bridgehead atoms. The van der Waals surface area contributed by atoms with Crippen molar-refractivity contribution in [1.82, 2.24) is 9.88 Å². The molecule has 7 nitrogen and oxygen atoms in total. The van der Waals surface area contributed by atoms with Crippen LogP contribution in [0.25, 0.3) is 16.5 Å². The van der Waals surface area contributed by atoms with Gasteiger partial charge >= 0.3 is 0 Å². The molecule has 130 valence electrons. The van der Waals surface area contributed by atoms with Crippen molar-refractivity contribution in [2.75, 3.05) is 20.2 Å². The van der Waals surface area contributed by atoms with E-state index in [0.717, 1.165) is 28.6 Å². The average Bonchev–Trinajstić information content (AvgIpc) is 3.34. The Kier molecular flexibility index (Phi) is 3.71. The lowest BCUT2D eigenvalue weighted by Gasteiger charge is -2.26. The van der Waals surface area contributed by atoms with Crippen molar-refractivity contribution in [1.29, 1.82) is 0 Å². The van der Waals surface area contributed by atoms with Crippen LogP contribution in [0.5, 0.6) is 5.75 Å². The molecule has 1 fully saturated rings. The molecule has 0 saturated heterocycles. The molecular weight excluding hydrogens is 322 g/mol. The van der Waals surface area contributed by atoms with Gasteiger partial charge in [0.2, 0.25) is 11.9 Å². The van der Waals surface area contributed by atoms with Crippen molar-refractivity contribution in [2.24, 2.45) is 5.92 Å². The molecule has 1 aliphatic carbocycles. The number of hydrogen-bond acceptors (Lipinski definition) is 4. The lowest BCUT2D eigenvalue weighted by atomic mass is 9.98.